The molecule has 0 spiro atoms. The number of fused-ring (bicyclic) bond motifs is 3. The molecular weight excluding hydrogens is 416 g/mol. The quantitative estimate of drug-likeness (QED) is 0.384. The van der Waals surface area contributed by atoms with E-state index in [-0.39, 0.29) is 12.3 Å². The van der Waals surface area contributed by atoms with Gasteiger partial charge in [-0.1, -0.05) is 35.9 Å². The summed E-state index contributed by atoms with van der Waals surface area (Å²) in [6.07, 6.45) is 0. The van der Waals surface area contributed by atoms with Crippen LogP contribution in [0.4, 0.5) is 0 Å². The fourth-order valence-corrected chi connectivity index (χ4v) is 4.11. The van der Waals surface area contributed by atoms with Crippen molar-refractivity contribution in [3.05, 3.63) is 93.9 Å². The number of aryl methyl sites for hydroxylation is 2. The molecule has 2 heterocycles. The van der Waals surface area contributed by atoms with Gasteiger partial charge in [0.1, 0.15) is 5.75 Å². The standard InChI is InChI=1S/C26H22N4O3/c1-16-8-13-20(17(2)14-16)23(31)15-29-22-7-5-4-6-21(22)25-27-24(28-30(25)26(29)32)18-9-11-19(33-3)12-10-18/h4-14H,15H2,1-3H3. The van der Waals surface area contributed by atoms with Crippen LogP contribution in [0.15, 0.2) is 71.5 Å². The van der Waals surface area contributed by atoms with E-state index >= 15 is 0 Å². The molecule has 7 nitrogen and oxygen atoms in total. The number of hydrogen-bond acceptors (Lipinski definition) is 5. The summed E-state index contributed by atoms with van der Waals surface area (Å²) in [5, 5.41) is 5.23. The van der Waals surface area contributed by atoms with Crippen molar-refractivity contribution in [2.75, 3.05) is 7.11 Å². The predicted octanol–water partition coefficient (Wildman–Crippen LogP) is 4.22. The molecule has 0 saturated carbocycles. The largest absolute Gasteiger partial charge is 0.497 e. The molecule has 5 aromatic rings. The maximum absolute atomic E-state index is 13.4. The number of nitrogens with zero attached hydrogens (tertiary/aromatic N) is 4. The molecule has 0 saturated heterocycles. The van der Waals surface area contributed by atoms with Crippen molar-refractivity contribution in [3.8, 4) is 17.1 Å². The summed E-state index contributed by atoms with van der Waals surface area (Å²) in [5.41, 5.74) is 4.03. The fourth-order valence-electron chi connectivity index (χ4n) is 4.11. The van der Waals surface area contributed by atoms with Gasteiger partial charge in [-0.3, -0.25) is 9.36 Å². The van der Waals surface area contributed by atoms with Gasteiger partial charge < -0.3 is 4.74 Å². The Hall–Kier alpha value is -4.26. The number of hydrogen-bond donors (Lipinski definition) is 0. The minimum absolute atomic E-state index is 0.0864. The van der Waals surface area contributed by atoms with Crippen LogP contribution in [0.1, 0.15) is 21.5 Å². The first kappa shape index (κ1) is 20.6. The second-order valence-electron chi connectivity index (χ2n) is 8.03. The highest BCUT2D eigenvalue weighted by Gasteiger charge is 2.18. The molecule has 0 N–H and O–H groups in total. The Morgan fingerprint density at radius 1 is 1.00 bits per heavy atom. The smallest absolute Gasteiger partial charge is 0.351 e. The Bertz CT molecular complexity index is 1580. The van der Waals surface area contributed by atoms with Crippen molar-refractivity contribution in [1.82, 2.24) is 19.2 Å². The van der Waals surface area contributed by atoms with Gasteiger partial charge in [0.15, 0.2) is 17.3 Å². The van der Waals surface area contributed by atoms with Gasteiger partial charge in [0.2, 0.25) is 0 Å². The number of carbonyl (C=O) groups excluding carboxylic acids is 1. The van der Waals surface area contributed by atoms with Crippen LogP contribution in [0, 0.1) is 13.8 Å². The average Bonchev–Trinajstić information content (AvgIpc) is 3.28. The maximum Gasteiger partial charge on any atom is 0.351 e. The SMILES string of the molecule is COc1ccc(-c2nc3c4ccccc4n(CC(=O)c4ccc(C)cc4C)c(=O)n3n2)cc1. The molecule has 0 radical (unpaired) electrons. The monoisotopic (exact) mass is 438 g/mol. The number of ketones is 1. The van der Waals surface area contributed by atoms with Crippen molar-refractivity contribution in [2.45, 2.75) is 20.4 Å². The third kappa shape index (κ3) is 3.57. The summed E-state index contributed by atoms with van der Waals surface area (Å²) in [7, 11) is 1.60. The van der Waals surface area contributed by atoms with Gasteiger partial charge in [0.25, 0.3) is 0 Å². The third-order valence-corrected chi connectivity index (χ3v) is 5.79. The summed E-state index contributed by atoms with van der Waals surface area (Å²) >= 11 is 0. The van der Waals surface area contributed by atoms with Gasteiger partial charge in [-0.05, 0) is 55.8 Å². The molecule has 0 unspecified atom stereocenters. The van der Waals surface area contributed by atoms with Crippen molar-refractivity contribution in [3.63, 3.8) is 0 Å². The van der Waals surface area contributed by atoms with Crippen molar-refractivity contribution in [2.24, 2.45) is 0 Å². The Kier molecular flexibility index (Phi) is 5.01. The number of carbonyl (C=O) groups is 1. The lowest BCUT2D eigenvalue weighted by atomic mass is 10.0. The van der Waals surface area contributed by atoms with E-state index in [1.54, 1.807) is 7.11 Å². The molecule has 0 amide bonds. The molecule has 164 valence electrons. The molecule has 7 heteroatoms. The molecule has 0 atom stereocenters. The minimum atomic E-state index is -0.408. The number of benzene rings is 3. The normalized spacial score (nSPS) is 11.2. The van der Waals surface area contributed by atoms with Gasteiger partial charge in [-0.25, -0.2) is 9.78 Å². The van der Waals surface area contributed by atoms with Crippen LogP contribution in [0.3, 0.4) is 0 Å². The molecule has 3 aromatic carbocycles. The lowest BCUT2D eigenvalue weighted by molar-refractivity contribution is 0.0971. The number of rotatable bonds is 5. The molecule has 0 aliphatic carbocycles. The van der Waals surface area contributed by atoms with E-state index < -0.39 is 5.69 Å². The van der Waals surface area contributed by atoms with E-state index in [0.29, 0.717) is 22.6 Å². The highest BCUT2D eigenvalue weighted by atomic mass is 16.5. The van der Waals surface area contributed by atoms with Crippen molar-refractivity contribution in [1.29, 1.82) is 0 Å². The molecule has 0 fully saturated rings. The van der Waals surface area contributed by atoms with Gasteiger partial charge >= 0.3 is 5.69 Å². The molecule has 0 aliphatic rings. The van der Waals surface area contributed by atoms with Crippen LogP contribution in [0.2, 0.25) is 0 Å². The van der Waals surface area contributed by atoms with Crippen molar-refractivity contribution < 1.29 is 9.53 Å². The van der Waals surface area contributed by atoms with Crippen LogP contribution in [0.25, 0.3) is 27.9 Å². The Morgan fingerprint density at radius 2 is 1.76 bits per heavy atom. The third-order valence-electron chi connectivity index (χ3n) is 5.79. The maximum atomic E-state index is 13.4. The summed E-state index contributed by atoms with van der Waals surface area (Å²) in [6, 6.07) is 20.5. The van der Waals surface area contributed by atoms with E-state index in [4.69, 9.17) is 4.74 Å². The number of aromatic nitrogens is 4. The summed E-state index contributed by atoms with van der Waals surface area (Å²) in [6.45, 7) is 3.80. The van der Waals surface area contributed by atoms with Crippen LogP contribution in [-0.4, -0.2) is 32.1 Å². The topological polar surface area (TPSA) is 78.5 Å². The van der Waals surface area contributed by atoms with Crippen molar-refractivity contribution >= 4 is 22.3 Å². The molecule has 0 aliphatic heterocycles. The van der Waals surface area contributed by atoms with Crippen LogP contribution < -0.4 is 10.4 Å². The number of ether oxygens (including phenoxy) is 1. The lowest BCUT2D eigenvalue weighted by Gasteiger charge is -2.11. The van der Waals surface area contributed by atoms with E-state index in [9.17, 15) is 9.59 Å². The number of methoxy groups -OCH3 is 1. The van der Waals surface area contributed by atoms with E-state index in [1.165, 1.54) is 9.08 Å². The zero-order chi connectivity index (χ0) is 23.1. The Morgan fingerprint density at radius 3 is 2.48 bits per heavy atom. The summed E-state index contributed by atoms with van der Waals surface area (Å²) in [4.78, 5) is 31.2. The zero-order valence-corrected chi connectivity index (χ0v) is 18.6. The van der Waals surface area contributed by atoms with E-state index in [2.05, 4.69) is 10.1 Å². The Balaban J connectivity index is 1.66. The minimum Gasteiger partial charge on any atom is -0.497 e. The molecular formula is C26H22N4O3. The fraction of sp³-hybridized carbons (Fsp3) is 0.154. The second-order valence-corrected chi connectivity index (χ2v) is 8.03. The van der Waals surface area contributed by atoms with Gasteiger partial charge in [-0.15, -0.1) is 5.10 Å². The zero-order valence-electron chi connectivity index (χ0n) is 18.6. The summed E-state index contributed by atoms with van der Waals surface area (Å²) < 4.78 is 7.96. The molecule has 5 rings (SSSR count). The molecule has 33 heavy (non-hydrogen) atoms. The molecule has 0 bridgehead atoms. The lowest BCUT2D eigenvalue weighted by Crippen LogP contribution is -2.30. The molecule has 2 aromatic heterocycles. The second kappa shape index (κ2) is 8.02. The summed E-state index contributed by atoms with van der Waals surface area (Å²) in [5.74, 6) is 1.02. The first-order chi connectivity index (χ1) is 16.0. The van der Waals surface area contributed by atoms with Crippen LogP contribution in [-0.2, 0) is 6.54 Å². The number of Topliss-reactive ketones (excluding diaryl/α,β-unsaturated/α-hetero) is 1. The highest BCUT2D eigenvalue weighted by Crippen LogP contribution is 2.23. The van der Waals surface area contributed by atoms with E-state index in [1.807, 2.05) is 80.6 Å². The van der Waals surface area contributed by atoms with Gasteiger partial charge in [0, 0.05) is 16.5 Å². The van der Waals surface area contributed by atoms with Gasteiger partial charge in [0.05, 0.1) is 19.2 Å². The van der Waals surface area contributed by atoms with Crippen LogP contribution in [0.5, 0.6) is 5.75 Å². The highest BCUT2D eigenvalue weighted by molar-refractivity contribution is 5.99. The number of para-hydroxylation sites is 1. The van der Waals surface area contributed by atoms with E-state index in [0.717, 1.165) is 27.8 Å². The first-order valence-corrected chi connectivity index (χ1v) is 10.6. The average molecular weight is 438 g/mol. The van der Waals surface area contributed by atoms with Gasteiger partial charge in [-0.2, -0.15) is 4.52 Å². The first-order valence-electron chi connectivity index (χ1n) is 10.6. The Labute approximate surface area is 189 Å². The predicted molar refractivity (Wildman–Crippen MR) is 127 cm³/mol. The van der Waals surface area contributed by atoms with Crippen LogP contribution >= 0.6 is 0 Å².